The van der Waals surface area contributed by atoms with Gasteiger partial charge in [0.1, 0.15) is 5.82 Å². The molecule has 0 aliphatic heterocycles. The van der Waals surface area contributed by atoms with E-state index < -0.39 is 0 Å². The number of likely N-dealkylation sites (N-methyl/N-ethyl adjacent to an activating group) is 1. The summed E-state index contributed by atoms with van der Waals surface area (Å²) in [6.07, 6.45) is 0. The summed E-state index contributed by atoms with van der Waals surface area (Å²) in [6.45, 7) is 2.22. The number of nitrogens with one attached hydrogen (secondary N) is 2. The maximum atomic E-state index is 13.5. The third-order valence-electron chi connectivity index (χ3n) is 4.20. The van der Waals surface area contributed by atoms with Crippen LogP contribution in [0.4, 0.5) is 9.18 Å². The van der Waals surface area contributed by atoms with Gasteiger partial charge in [-0.05, 0) is 56.4 Å². The van der Waals surface area contributed by atoms with Gasteiger partial charge in [0.15, 0.2) is 0 Å². The number of rotatable bonds is 6. The van der Waals surface area contributed by atoms with Crippen LogP contribution in [0.3, 0.4) is 0 Å². The normalized spacial score (nSPS) is 12.9. The van der Waals surface area contributed by atoms with Crippen molar-refractivity contribution in [3.63, 3.8) is 0 Å². The Hall–Kier alpha value is -2.91. The Morgan fingerprint density at radius 2 is 1.88 bits per heavy atom. The molecule has 0 saturated heterocycles. The van der Waals surface area contributed by atoms with Crippen molar-refractivity contribution in [3.8, 4) is 6.07 Å². The largest absolute Gasteiger partial charge is 0.336 e. The van der Waals surface area contributed by atoms with Crippen molar-refractivity contribution in [2.45, 2.75) is 19.0 Å². The molecule has 2 N–H and O–H groups in total. The maximum absolute atomic E-state index is 13.5. The minimum absolute atomic E-state index is 0.137. The molecule has 2 unspecified atom stereocenters. The Labute approximate surface area is 153 Å². The zero-order valence-corrected chi connectivity index (χ0v) is 15.2. The van der Waals surface area contributed by atoms with Crippen LogP contribution >= 0.6 is 0 Å². The first-order chi connectivity index (χ1) is 12.4. The molecule has 0 saturated carbocycles. The topological polar surface area (TPSA) is 68.2 Å². The highest BCUT2D eigenvalue weighted by molar-refractivity contribution is 5.74. The van der Waals surface area contributed by atoms with E-state index in [1.54, 1.807) is 18.2 Å². The van der Waals surface area contributed by atoms with Crippen molar-refractivity contribution in [3.05, 3.63) is 71.0 Å². The molecule has 0 fully saturated rings. The van der Waals surface area contributed by atoms with Gasteiger partial charge >= 0.3 is 6.03 Å². The van der Waals surface area contributed by atoms with Gasteiger partial charge in [-0.2, -0.15) is 5.26 Å². The molecule has 2 aromatic rings. The lowest BCUT2D eigenvalue weighted by molar-refractivity contribution is 0.230. The lowest BCUT2D eigenvalue weighted by Crippen LogP contribution is -2.41. The van der Waals surface area contributed by atoms with Crippen molar-refractivity contribution in [2.24, 2.45) is 0 Å². The number of carbonyl (C=O) groups excluding carboxylic acids is 1. The van der Waals surface area contributed by atoms with Crippen molar-refractivity contribution >= 4 is 6.03 Å². The fraction of sp³-hybridized carbons (Fsp3) is 0.300. The van der Waals surface area contributed by atoms with Crippen molar-refractivity contribution in [2.75, 3.05) is 20.6 Å². The Morgan fingerprint density at radius 1 is 1.19 bits per heavy atom. The maximum Gasteiger partial charge on any atom is 0.315 e. The van der Waals surface area contributed by atoms with Crippen LogP contribution in [0.1, 0.15) is 35.7 Å². The molecule has 2 aromatic carbocycles. The van der Waals surface area contributed by atoms with Crippen molar-refractivity contribution in [1.29, 1.82) is 5.26 Å². The molecule has 5 nitrogen and oxygen atoms in total. The second-order valence-corrected chi connectivity index (χ2v) is 6.34. The molecule has 2 amide bonds. The third-order valence-corrected chi connectivity index (χ3v) is 4.20. The molecule has 0 radical (unpaired) electrons. The molecule has 26 heavy (non-hydrogen) atoms. The van der Waals surface area contributed by atoms with E-state index in [0.29, 0.717) is 12.1 Å². The Balaban J connectivity index is 1.94. The van der Waals surface area contributed by atoms with Crippen LogP contribution in [-0.4, -0.2) is 31.6 Å². The molecule has 0 aliphatic rings. The summed E-state index contributed by atoms with van der Waals surface area (Å²) >= 11 is 0. The molecular formula is C20H23FN4O. The molecule has 136 valence electrons. The summed E-state index contributed by atoms with van der Waals surface area (Å²) in [5.41, 5.74) is 2.29. The molecule has 2 atom stereocenters. The number of nitrogens with zero attached hydrogens (tertiary/aromatic N) is 2. The molecule has 0 spiro atoms. The second-order valence-electron chi connectivity index (χ2n) is 6.34. The van der Waals surface area contributed by atoms with E-state index >= 15 is 0 Å². The Kier molecular flexibility index (Phi) is 6.70. The van der Waals surface area contributed by atoms with E-state index in [9.17, 15) is 9.18 Å². The van der Waals surface area contributed by atoms with E-state index in [0.717, 1.165) is 11.1 Å². The number of hydrogen-bond acceptors (Lipinski definition) is 3. The van der Waals surface area contributed by atoms with Crippen molar-refractivity contribution < 1.29 is 9.18 Å². The zero-order valence-electron chi connectivity index (χ0n) is 15.2. The van der Waals surface area contributed by atoms with Crippen LogP contribution in [0.15, 0.2) is 48.5 Å². The van der Waals surface area contributed by atoms with Gasteiger partial charge in [0.25, 0.3) is 0 Å². The van der Waals surface area contributed by atoms with Crippen LogP contribution in [0.25, 0.3) is 0 Å². The van der Waals surface area contributed by atoms with Crippen molar-refractivity contribution in [1.82, 2.24) is 15.5 Å². The predicted octanol–water partition coefficient (Wildman–Crippen LogP) is 3.36. The minimum Gasteiger partial charge on any atom is -0.336 e. The highest BCUT2D eigenvalue weighted by atomic mass is 19.1. The minimum atomic E-state index is -0.301. The first kappa shape index (κ1) is 19.4. The number of halogens is 1. The Bertz CT molecular complexity index is 783. The second kappa shape index (κ2) is 8.97. The fourth-order valence-electron chi connectivity index (χ4n) is 2.68. The monoisotopic (exact) mass is 354 g/mol. The Morgan fingerprint density at radius 3 is 2.46 bits per heavy atom. The van der Waals surface area contributed by atoms with Gasteiger partial charge in [-0.3, -0.25) is 0 Å². The third kappa shape index (κ3) is 5.30. The van der Waals surface area contributed by atoms with Gasteiger partial charge in [-0.1, -0.05) is 24.3 Å². The van der Waals surface area contributed by atoms with Gasteiger partial charge in [-0.25, -0.2) is 9.18 Å². The number of benzene rings is 2. The SMILES string of the molecule is CC(NC(=O)NCC(c1cccc(F)c1)N(C)C)c1ccc(C#N)cc1. The molecule has 0 bridgehead atoms. The van der Waals surface area contributed by atoms with E-state index in [1.807, 2.05) is 44.1 Å². The average Bonchev–Trinajstić information content (AvgIpc) is 2.61. The molecule has 0 heterocycles. The summed E-state index contributed by atoms with van der Waals surface area (Å²) in [5, 5.41) is 14.5. The summed E-state index contributed by atoms with van der Waals surface area (Å²) in [7, 11) is 3.77. The summed E-state index contributed by atoms with van der Waals surface area (Å²) in [5.74, 6) is -0.298. The lowest BCUT2D eigenvalue weighted by atomic mass is 10.1. The highest BCUT2D eigenvalue weighted by Gasteiger charge is 2.17. The quantitative estimate of drug-likeness (QED) is 0.836. The molecule has 2 rings (SSSR count). The molecule has 0 aliphatic carbocycles. The van der Waals surface area contributed by atoms with E-state index in [-0.39, 0.29) is 23.9 Å². The van der Waals surface area contributed by atoms with E-state index in [4.69, 9.17) is 5.26 Å². The number of carbonyl (C=O) groups is 1. The fourth-order valence-corrected chi connectivity index (χ4v) is 2.68. The first-order valence-electron chi connectivity index (χ1n) is 8.37. The zero-order chi connectivity index (χ0) is 19.1. The number of urea groups is 1. The molecule has 0 aromatic heterocycles. The van der Waals surface area contributed by atoms with Gasteiger partial charge in [0.2, 0.25) is 0 Å². The predicted molar refractivity (Wildman–Crippen MR) is 98.9 cm³/mol. The number of amides is 2. The summed E-state index contributed by atoms with van der Waals surface area (Å²) in [4.78, 5) is 14.1. The standard InChI is InChI=1S/C20H23FN4O/c1-14(16-9-7-15(12-22)8-10-16)24-20(26)23-13-19(25(2)3)17-5-4-6-18(21)11-17/h4-11,14,19H,13H2,1-3H3,(H2,23,24,26). The van der Waals surface area contributed by atoms with Crippen LogP contribution in [0.5, 0.6) is 0 Å². The van der Waals surface area contributed by atoms with Crippen LogP contribution in [-0.2, 0) is 0 Å². The lowest BCUT2D eigenvalue weighted by Gasteiger charge is -2.25. The van der Waals surface area contributed by atoms with E-state index in [1.165, 1.54) is 12.1 Å². The number of hydrogen-bond donors (Lipinski definition) is 2. The summed E-state index contributed by atoms with van der Waals surface area (Å²) in [6, 6.07) is 14.9. The highest BCUT2D eigenvalue weighted by Crippen LogP contribution is 2.18. The van der Waals surface area contributed by atoms with Crippen LogP contribution in [0, 0.1) is 17.1 Å². The van der Waals surface area contributed by atoms with Gasteiger partial charge < -0.3 is 15.5 Å². The summed E-state index contributed by atoms with van der Waals surface area (Å²) < 4.78 is 13.5. The van der Waals surface area contributed by atoms with Gasteiger partial charge in [-0.15, -0.1) is 0 Å². The molecule has 6 heteroatoms. The van der Waals surface area contributed by atoms with Crippen LogP contribution < -0.4 is 10.6 Å². The smallest absolute Gasteiger partial charge is 0.315 e. The number of nitriles is 1. The van der Waals surface area contributed by atoms with Gasteiger partial charge in [0, 0.05) is 6.54 Å². The average molecular weight is 354 g/mol. The van der Waals surface area contributed by atoms with Gasteiger partial charge in [0.05, 0.1) is 23.7 Å². The van der Waals surface area contributed by atoms with Crippen LogP contribution in [0.2, 0.25) is 0 Å². The first-order valence-corrected chi connectivity index (χ1v) is 8.37. The molecular weight excluding hydrogens is 331 g/mol. The van der Waals surface area contributed by atoms with E-state index in [2.05, 4.69) is 16.7 Å².